The number of carbonyl (C=O) groups is 1. The molecule has 9 nitrogen and oxygen atoms in total. The van der Waals surface area contributed by atoms with Crippen LogP contribution >= 0.6 is 11.6 Å². The van der Waals surface area contributed by atoms with Crippen molar-refractivity contribution in [3.05, 3.63) is 106 Å². The highest BCUT2D eigenvalue weighted by Gasteiger charge is 2.24. The van der Waals surface area contributed by atoms with Crippen molar-refractivity contribution < 1.29 is 19.0 Å². The Balaban J connectivity index is 1.12. The zero-order valence-corrected chi connectivity index (χ0v) is 24.5. The molecule has 6 rings (SSSR count). The minimum Gasteiger partial charge on any atom is -0.478 e. The molecule has 2 aromatic carbocycles. The number of carboxylic acid groups (broad SMARTS) is 1. The van der Waals surface area contributed by atoms with Crippen molar-refractivity contribution in [2.24, 2.45) is 7.05 Å². The van der Waals surface area contributed by atoms with Crippen molar-refractivity contribution in [1.29, 1.82) is 0 Å². The van der Waals surface area contributed by atoms with E-state index < -0.39 is 11.8 Å². The van der Waals surface area contributed by atoms with Gasteiger partial charge < -0.3 is 14.4 Å². The number of pyridine rings is 1. The van der Waals surface area contributed by atoms with Gasteiger partial charge in [0.15, 0.2) is 0 Å². The highest BCUT2D eigenvalue weighted by molar-refractivity contribution is 6.30. The van der Waals surface area contributed by atoms with E-state index in [-0.39, 0.29) is 18.1 Å². The molecule has 5 aromatic rings. The lowest BCUT2D eigenvalue weighted by Gasteiger charge is -2.31. The average molecular weight is 603 g/mol. The second-order valence-electron chi connectivity index (χ2n) is 10.9. The number of halogens is 2. The van der Waals surface area contributed by atoms with Crippen LogP contribution in [0.25, 0.3) is 11.0 Å². The molecule has 0 unspecified atom stereocenters. The third kappa shape index (κ3) is 6.71. The van der Waals surface area contributed by atoms with Crippen LogP contribution in [0, 0.1) is 5.82 Å². The van der Waals surface area contributed by atoms with Crippen LogP contribution in [0.4, 0.5) is 4.39 Å². The summed E-state index contributed by atoms with van der Waals surface area (Å²) in [6.07, 6.45) is 6.48. The van der Waals surface area contributed by atoms with Gasteiger partial charge in [-0.25, -0.2) is 19.2 Å². The Hall–Kier alpha value is -4.28. The number of carboxylic acids is 1. The molecule has 1 aliphatic heterocycles. The summed E-state index contributed by atoms with van der Waals surface area (Å²) in [4.78, 5) is 23.7. The molecule has 222 valence electrons. The second-order valence-corrected chi connectivity index (χ2v) is 11.4. The number of aromatic nitrogens is 5. The smallest absolute Gasteiger partial charge is 0.335 e. The Morgan fingerprint density at radius 1 is 1.12 bits per heavy atom. The SMILES string of the molecule is Cn1cc(CCn2c(CN3CCC(c4cccc(OCc5ccc(Cl)cc5F)n4)CC3)nc3ccc(C(=O)O)cc32)cn1. The molecule has 3 aromatic heterocycles. The summed E-state index contributed by atoms with van der Waals surface area (Å²) in [5.74, 6) is 0.324. The first-order chi connectivity index (χ1) is 20.8. The van der Waals surface area contributed by atoms with Gasteiger partial charge in [0.2, 0.25) is 5.88 Å². The summed E-state index contributed by atoms with van der Waals surface area (Å²) < 4.78 is 23.9. The lowest BCUT2D eigenvalue weighted by atomic mass is 9.93. The van der Waals surface area contributed by atoms with Gasteiger partial charge in [-0.3, -0.25) is 9.58 Å². The van der Waals surface area contributed by atoms with Crippen molar-refractivity contribution in [1.82, 2.24) is 29.2 Å². The monoisotopic (exact) mass is 602 g/mol. The molecule has 0 amide bonds. The third-order valence-electron chi connectivity index (χ3n) is 7.96. The fourth-order valence-electron chi connectivity index (χ4n) is 5.63. The Labute approximate surface area is 253 Å². The van der Waals surface area contributed by atoms with E-state index in [0.29, 0.717) is 29.6 Å². The molecule has 0 radical (unpaired) electrons. The van der Waals surface area contributed by atoms with Gasteiger partial charge in [-0.1, -0.05) is 23.7 Å². The van der Waals surface area contributed by atoms with E-state index in [1.54, 1.807) is 41.1 Å². The quantitative estimate of drug-likeness (QED) is 0.214. The predicted molar refractivity (Wildman–Crippen MR) is 161 cm³/mol. The Morgan fingerprint density at radius 3 is 2.70 bits per heavy atom. The number of hydrogen-bond donors (Lipinski definition) is 1. The van der Waals surface area contributed by atoms with Crippen molar-refractivity contribution in [2.45, 2.75) is 44.9 Å². The van der Waals surface area contributed by atoms with Crippen LogP contribution in [0.5, 0.6) is 5.88 Å². The van der Waals surface area contributed by atoms with Crippen molar-refractivity contribution in [2.75, 3.05) is 13.1 Å². The van der Waals surface area contributed by atoms with Crippen LogP contribution in [0.2, 0.25) is 5.02 Å². The van der Waals surface area contributed by atoms with E-state index in [4.69, 9.17) is 26.3 Å². The minimum absolute atomic E-state index is 0.0770. The lowest BCUT2D eigenvalue weighted by molar-refractivity contribution is 0.0697. The van der Waals surface area contributed by atoms with Crippen LogP contribution in [0.1, 0.15) is 51.8 Å². The van der Waals surface area contributed by atoms with E-state index in [0.717, 1.165) is 60.5 Å². The van der Waals surface area contributed by atoms with Crippen LogP contribution in [-0.2, 0) is 33.2 Å². The number of ether oxygens (including phenoxy) is 1. The summed E-state index contributed by atoms with van der Waals surface area (Å²) in [5, 5.41) is 14.2. The first-order valence-electron chi connectivity index (χ1n) is 14.3. The first kappa shape index (κ1) is 28.8. The summed E-state index contributed by atoms with van der Waals surface area (Å²) >= 11 is 5.85. The molecule has 0 saturated carbocycles. The van der Waals surface area contributed by atoms with Gasteiger partial charge in [-0.05, 0) is 74.3 Å². The molecular weight excluding hydrogens is 571 g/mol. The summed E-state index contributed by atoms with van der Waals surface area (Å²) in [5.41, 5.74) is 4.38. The third-order valence-corrected chi connectivity index (χ3v) is 8.20. The number of nitrogens with zero attached hydrogens (tertiary/aromatic N) is 6. The molecule has 0 aliphatic carbocycles. The number of imidazole rings is 1. The van der Waals surface area contributed by atoms with Gasteiger partial charge >= 0.3 is 5.97 Å². The zero-order chi connectivity index (χ0) is 29.9. The fourth-order valence-corrected chi connectivity index (χ4v) is 5.79. The average Bonchev–Trinajstić information content (AvgIpc) is 3.57. The summed E-state index contributed by atoms with van der Waals surface area (Å²) in [7, 11) is 1.89. The number of likely N-dealkylation sites (tertiary alicyclic amines) is 1. The minimum atomic E-state index is -0.953. The van der Waals surface area contributed by atoms with Gasteiger partial charge in [0.05, 0.1) is 29.3 Å². The topological polar surface area (TPSA) is 98.3 Å². The van der Waals surface area contributed by atoms with E-state index in [9.17, 15) is 14.3 Å². The van der Waals surface area contributed by atoms with E-state index in [1.165, 1.54) is 6.07 Å². The van der Waals surface area contributed by atoms with Crippen LogP contribution < -0.4 is 4.74 Å². The molecule has 1 aliphatic rings. The maximum absolute atomic E-state index is 14.2. The molecular formula is C32H32ClFN6O3. The number of hydrogen-bond acceptors (Lipinski definition) is 6. The van der Waals surface area contributed by atoms with Gasteiger partial charge in [0.1, 0.15) is 18.2 Å². The normalized spacial score (nSPS) is 14.4. The highest BCUT2D eigenvalue weighted by Crippen LogP contribution is 2.29. The maximum Gasteiger partial charge on any atom is 0.335 e. The van der Waals surface area contributed by atoms with Gasteiger partial charge in [0.25, 0.3) is 0 Å². The second kappa shape index (κ2) is 12.5. The van der Waals surface area contributed by atoms with E-state index in [2.05, 4.69) is 14.6 Å². The molecule has 43 heavy (non-hydrogen) atoms. The fraction of sp³-hybridized carbons (Fsp3) is 0.312. The van der Waals surface area contributed by atoms with Crippen molar-refractivity contribution in [3.63, 3.8) is 0 Å². The molecule has 1 saturated heterocycles. The largest absolute Gasteiger partial charge is 0.478 e. The predicted octanol–water partition coefficient (Wildman–Crippen LogP) is 5.86. The van der Waals surface area contributed by atoms with Crippen molar-refractivity contribution in [3.8, 4) is 5.88 Å². The maximum atomic E-state index is 14.2. The molecule has 0 spiro atoms. The summed E-state index contributed by atoms with van der Waals surface area (Å²) in [6.45, 7) is 3.17. The highest BCUT2D eigenvalue weighted by atomic mass is 35.5. The lowest BCUT2D eigenvalue weighted by Crippen LogP contribution is -2.33. The molecule has 11 heteroatoms. The molecule has 1 N–H and O–H groups in total. The first-order valence-corrected chi connectivity index (χ1v) is 14.7. The van der Waals surface area contributed by atoms with Crippen LogP contribution in [0.3, 0.4) is 0 Å². The molecule has 0 atom stereocenters. The standard InChI is InChI=1S/C32H32ClFN6O3/c1-38-18-21(17-35-38)9-14-40-29-15-23(32(41)42)6-8-28(29)36-30(40)19-39-12-10-22(11-13-39)27-3-2-4-31(37-27)43-20-24-5-7-25(33)16-26(24)34/h2-8,15-18,22H,9-14,19-20H2,1H3,(H,41,42). The van der Waals surface area contributed by atoms with Crippen molar-refractivity contribution >= 4 is 28.6 Å². The number of benzene rings is 2. The van der Waals surface area contributed by atoms with E-state index >= 15 is 0 Å². The molecule has 1 fully saturated rings. The number of fused-ring (bicyclic) bond motifs is 1. The number of piperidine rings is 1. The summed E-state index contributed by atoms with van der Waals surface area (Å²) in [6, 6.07) is 15.4. The zero-order valence-electron chi connectivity index (χ0n) is 23.8. The van der Waals surface area contributed by atoms with Crippen LogP contribution in [-0.4, -0.2) is 53.4 Å². The number of rotatable bonds is 10. The molecule has 4 heterocycles. The molecule has 0 bridgehead atoms. The van der Waals surface area contributed by atoms with Crippen LogP contribution in [0.15, 0.2) is 67.0 Å². The van der Waals surface area contributed by atoms with Gasteiger partial charge in [-0.2, -0.15) is 5.10 Å². The Morgan fingerprint density at radius 2 is 1.95 bits per heavy atom. The van der Waals surface area contributed by atoms with E-state index in [1.807, 2.05) is 31.6 Å². The van der Waals surface area contributed by atoms with Gasteiger partial charge in [0, 0.05) is 48.1 Å². The Kier molecular flexibility index (Phi) is 8.40. The number of aromatic carboxylic acids is 1. The number of aryl methyl sites for hydroxylation is 3. The van der Waals surface area contributed by atoms with Gasteiger partial charge in [-0.15, -0.1) is 0 Å². The Bertz CT molecular complexity index is 1760.